The second kappa shape index (κ2) is 7.23. The van der Waals surface area contributed by atoms with Crippen LogP contribution in [0.3, 0.4) is 0 Å². The summed E-state index contributed by atoms with van der Waals surface area (Å²) in [5, 5.41) is 12.4. The van der Waals surface area contributed by atoms with Gasteiger partial charge in [0.2, 0.25) is 5.91 Å². The van der Waals surface area contributed by atoms with Gasteiger partial charge in [-0.1, -0.05) is 18.2 Å². The van der Waals surface area contributed by atoms with E-state index in [4.69, 9.17) is 4.74 Å². The van der Waals surface area contributed by atoms with Gasteiger partial charge >= 0.3 is 5.97 Å². The Morgan fingerprint density at radius 2 is 2.12 bits per heavy atom. The van der Waals surface area contributed by atoms with Gasteiger partial charge in [0.25, 0.3) is 0 Å². The molecule has 2 aromatic rings. The van der Waals surface area contributed by atoms with Crippen LogP contribution in [0.1, 0.15) is 22.2 Å². The molecule has 0 radical (unpaired) electrons. The number of amides is 1. The normalized spacial score (nSPS) is 19.8. The van der Waals surface area contributed by atoms with Crippen LogP contribution in [0.25, 0.3) is 0 Å². The zero-order valence-corrected chi connectivity index (χ0v) is 15.0. The van der Waals surface area contributed by atoms with Crippen molar-refractivity contribution in [3.8, 4) is 5.75 Å². The lowest BCUT2D eigenvalue weighted by molar-refractivity contribution is -0.141. The molecule has 2 heterocycles. The van der Waals surface area contributed by atoms with Crippen molar-refractivity contribution in [1.29, 1.82) is 0 Å². The third kappa shape index (κ3) is 3.66. The van der Waals surface area contributed by atoms with Crippen LogP contribution in [0.5, 0.6) is 5.75 Å². The molecule has 25 heavy (non-hydrogen) atoms. The third-order valence-corrected chi connectivity index (χ3v) is 5.35. The second-order valence-electron chi connectivity index (χ2n) is 6.13. The van der Waals surface area contributed by atoms with Gasteiger partial charge in [-0.15, -0.1) is 11.3 Å². The smallest absolute Gasteiger partial charge is 0.308 e. The number of hydrogen-bond donors (Lipinski definition) is 1. The third-order valence-electron chi connectivity index (χ3n) is 4.53. The van der Waals surface area contributed by atoms with Gasteiger partial charge in [-0.05, 0) is 18.6 Å². The van der Waals surface area contributed by atoms with Crippen molar-refractivity contribution in [2.24, 2.45) is 5.92 Å². The van der Waals surface area contributed by atoms with Crippen molar-refractivity contribution >= 4 is 23.2 Å². The summed E-state index contributed by atoms with van der Waals surface area (Å²) in [5.74, 6) is -1.25. The van der Waals surface area contributed by atoms with E-state index in [1.165, 1.54) is 11.3 Å². The number of carboxylic acid groups (broad SMARTS) is 1. The van der Waals surface area contributed by atoms with Gasteiger partial charge in [-0.3, -0.25) is 9.59 Å². The Morgan fingerprint density at radius 1 is 1.36 bits per heavy atom. The van der Waals surface area contributed by atoms with Crippen molar-refractivity contribution < 1.29 is 19.4 Å². The molecular formula is C18H20N2O4S. The molecule has 1 aromatic carbocycles. The molecule has 6 nitrogen and oxygen atoms in total. The SMILES string of the molecule is COc1ccccc1[C@@H]1CN(C(=O)Cc2csc(C)n2)C[C@H]1C(=O)O. The van der Waals surface area contributed by atoms with Crippen LogP contribution in [0.2, 0.25) is 0 Å². The standard InChI is InChI=1S/C18H20N2O4S/c1-11-19-12(10-25-11)7-17(21)20-8-14(15(9-20)18(22)23)13-5-3-4-6-16(13)24-2/h3-6,10,14-15H,7-9H2,1-2H3,(H,22,23)/t14-,15+/m0/s1. The number of rotatable bonds is 5. The van der Waals surface area contributed by atoms with E-state index in [1.54, 1.807) is 12.0 Å². The number of hydrogen-bond acceptors (Lipinski definition) is 5. The number of thiazole rings is 1. The fourth-order valence-corrected chi connectivity index (χ4v) is 3.91. The Labute approximate surface area is 150 Å². The first kappa shape index (κ1) is 17.4. The van der Waals surface area contributed by atoms with Crippen LogP contribution in [0, 0.1) is 12.8 Å². The maximum atomic E-state index is 12.6. The number of carbonyl (C=O) groups excluding carboxylic acids is 1. The van der Waals surface area contributed by atoms with E-state index in [9.17, 15) is 14.7 Å². The molecule has 1 saturated heterocycles. The Hall–Kier alpha value is -2.41. The largest absolute Gasteiger partial charge is 0.496 e. The van der Waals surface area contributed by atoms with Crippen LogP contribution in [0.4, 0.5) is 0 Å². The van der Waals surface area contributed by atoms with Gasteiger partial charge in [0.05, 0.1) is 30.2 Å². The summed E-state index contributed by atoms with van der Waals surface area (Å²) < 4.78 is 5.37. The lowest BCUT2D eigenvalue weighted by Gasteiger charge is -2.18. The van der Waals surface area contributed by atoms with Crippen molar-refractivity contribution in [3.63, 3.8) is 0 Å². The molecule has 0 bridgehead atoms. The van der Waals surface area contributed by atoms with E-state index >= 15 is 0 Å². The summed E-state index contributed by atoms with van der Waals surface area (Å²) in [6, 6.07) is 7.40. The molecule has 1 amide bonds. The number of aromatic nitrogens is 1. The van der Waals surface area contributed by atoms with E-state index < -0.39 is 11.9 Å². The summed E-state index contributed by atoms with van der Waals surface area (Å²) in [6.45, 7) is 2.48. The highest BCUT2D eigenvalue weighted by Gasteiger charge is 2.41. The number of nitrogens with zero attached hydrogens (tertiary/aromatic N) is 2. The molecule has 1 aliphatic heterocycles. The van der Waals surface area contributed by atoms with Gasteiger partial charge < -0.3 is 14.7 Å². The van der Waals surface area contributed by atoms with E-state index in [2.05, 4.69) is 4.98 Å². The first-order valence-electron chi connectivity index (χ1n) is 8.04. The maximum absolute atomic E-state index is 12.6. The Bertz CT molecular complexity index is 789. The maximum Gasteiger partial charge on any atom is 0.308 e. The Balaban J connectivity index is 1.80. The number of ether oxygens (including phenoxy) is 1. The highest BCUT2D eigenvalue weighted by Crippen LogP contribution is 2.37. The predicted octanol–water partition coefficient (Wildman–Crippen LogP) is 2.33. The number of methoxy groups -OCH3 is 1. The van der Waals surface area contributed by atoms with E-state index in [1.807, 2.05) is 36.6 Å². The minimum Gasteiger partial charge on any atom is -0.496 e. The summed E-state index contributed by atoms with van der Waals surface area (Å²) in [4.78, 5) is 30.3. The Kier molecular flexibility index (Phi) is 5.03. The van der Waals surface area contributed by atoms with Crippen molar-refractivity contribution in [2.45, 2.75) is 19.3 Å². The monoisotopic (exact) mass is 360 g/mol. The average molecular weight is 360 g/mol. The first-order chi connectivity index (χ1) is 12.0. The molecule has 0 aliphatic carbocycles. The minimum atomic E-state index is -0.893. The topological polar surface area (TPSA) is 79.7 Å². The lowest BCUT2D eigenvalue weighted by Crippen LogP contribution is -2.31. The summed E-state index contributed by atoms with van der Waals surface area (Å²) in [6.07, 6.45) is 0.204. The molecule has 0 saturated carbocycles. The number of likely N-dealkylation sites (tertiary alicyclic amines) is 1. The van der Waals surface area contributed by atoms with Crippen LogP contribution in [-0.4, -0.2) is 47.1 Å². The minimum absolute atomic E-state index is 0.0889. The van der Waals surface area contributed by atoms with Gasteiger partial charge in [-0.25, -0.2) is 4.98 Å². The lowest BCUT2D eigenvalue weighted by atomic mass is 9.88. The molecule has 2 atom stereocenters. The van der Waals surface area contributed by atoms with Gasteiger partial charge in [-0.2, -0.15) is 0 Å². The van der Waals surface area contributed by atoms with E-state index in [0.29, 0.717) is 12.3 Å². The number of para-hydroxylation sites is 1. The number of aliphatic carboxylic acids is 1. The summed E-state index contributed by atoms with van der Waals surface area (Å²) >= 11 is 1.50. The van der Waals surface area contributed by atoms with Crippen LogP contribution in [-0.2, 0) is 16.0 Å². The number of carboxylic acids is 1. The van der Waals surface area contributed by atoms with Gasteiger partial charge in [0.1, 0.15) is 5.75 Å². The molecule has 3 rings (SSSR count). The zero-order valence-electron chi connectivity index (χ0n) is 14.1. The van der Waals surface area contributed by atoms with E-state index in [-0.39, 0.29) is 24.8 Å². The second-order valence-corrected chi connectivity index (χ2v) is 7.19. The van der Waals surface area contributed by atoms with Crippen LogP contribution >= 0.6 is 11.3 Å². The number of aryl methyl sites for hydroxylation is 1. The number of benzene rings is 1. The fraction of sp³-hybridized carbons (Fsp3) is 0.389. The molecule has 1 aromatic heterocycles. The molecule has 7 heteroatoms. The van der Waals surface area contributed by atoms with Crippen LogP contribution < -0.4 is 4.74 Å². The van der Waals surface area contributed by atoms with E-state index in [0.717, 1.165) is 16.3 Å². The number of carbonyl (C=O) groups is 2. The van der Waals surface area contributed by atoms with Crippen molar-refractivity contribution in [3.05, 3.63) is 45.9 Å². The van der Waals surface area contributed by atoms with Gasteiger partial charge in [0.15, 0.2) is 0 Å². The molecule has 1 fully saturated rings. The predicted molar refractivity (Wildman–Crippen MR) is 94.0 cm³/mol. The Morgan fingerprint density at radius 3 is 2.76 bits per heavy atom. The highest BCUT2D eigenvalue weighted by atomic mass is 32.1. The quantitative estimate of drug-likeness (QED) is 0.885. The van der Waals surface area contributed by atoms with Crippen molar-refractivity contribution in [1.82, 2.24) is 9.88 Å². The molecule has 1 aliphatic rings. The molecule has 0 spiro atoms. The highest BCUT2D eigenvalue weighted by molar-refractivity contribution is 7.09. The van der Waals surface area contributed by atoms with Crippen molar-refractivity contribution in [2.75, 3.05) is 20.2 Å². The molecular weight excluding hydrogens is 340 g/mol. The van der Waals surface area contributed by atoms with Crippen LogP contribution in [0.15, 0.2) is 29.6 Å². The fourth-order valence-electron chi connectivity index (χ4n) is 3.30. The summed E-state index contributed by atoms with van der Waals surface area (Å²) in [7, 11) is 1.57. The zero-order chi connectivity index (χ0) is 18.0. The molecule has 0 unspecified atom stereocenters. The van der Waals surface area contributed by atoms with Gasteiger partial charge in [0, 0.05) is 24.4 Å². The summed E-state index contributed by atoms with van der Waals surface area (Å²) in [5.41, 5.74) is 1.57. The molecule has 1 N–H and O–H groups in total. The average Bonchev–Trinajstić information content (AvgIpc) is 3.21. The first-order valence-corrected chi connectivity index (χ1v) is 8.92. The molecule has 132 valence electrons.